The number of nitrogens with one attached hydrogen (secondary N) is 1. The molecule has 4 aromatic heterocycles. The molecule has 2 amide bonds. The molecule has 0 unspecified atom stereocenters. The van der Waals surface area contributed by atoms with Crippen LogP contribution in [-0.2, 0) is 23.9 Å². The fraction of sp³-hybridized carbons (Fsp3) is 0.312. The van der Waals surface area contributed by atoms with Gasteiger partial charge >= 0.3 is 6.18 Å². The van der Waals surface area contributed by atoms with Gasteiger partial charge in [-0.2, -0.15) is 13.2 Å². The zero-order chi connectivity index (χ0) is 36.6. The Hall–Kier alpha value is -5.78. The van der Waals surface area contributed by atoms with Crippen molar-refractivity contribution in [2.75, 3.05) is 43.5 Å². The molecule has 1 aliphatic heterocycles. The number of piperazine rings is 1. The third-order valence-corrected chi connectivity index (χ3v) is 8.65. The third-order valence-electron chi connectivity index (χ3n) is 8.34. The number of aromatic hydroxyl groups is 1. The van der Waals surface area contributed by atoms with Crippen molar-refractivity contribution in [3.8, 4) is 17.3 Å². The zero-order valence-electron chi connectivity index (χ0n) is 27.4. The second-order valence-electron chi connectivity index (χ2n) is 11.5. The van der Waals surface area contributed by atoms with Gasteiger partial charge in [0.15, 0.2) is 22.6 Å². The van der Waals surface area contributed by atoms with Crippen LogP contribution in [0.3, 0.4) is 0 Å². The minimum Gasteiger partial charge on any atom is -0.504 e. The number of hydrogen-bond acceptors (Lipinski definition) is 11. The Morgan fingerprint density at radius 1 is 1.06 bits per heavy atom. The maximum Gasteiger partial charge on any atom is 0.416 e. The van der Waals surface area contributed by atoms with Crippen LogP contribution in [0.1, 0.15) is 34.4 Å². The van der Waals surface area contributed by atoms with Gasteiger partial charge in [0.1, 0.15) is 18.6 Å². The highest BCUT2D eigenvalue weighted by atomic mass is 35.5. The summed E-state index contributed by atoms with van der Waals surface area (Å²) in [4.78, 5) is 57.4. The third kappa shape index (κ3) is 6.86. The standard InChI is InChI=1S/C32H30ClF3N10O5/c1-4-22-27(43-9-11-44(12-10-43)31(50)26-28(48)17(2)38-16-39-26)29(49)25-30(42-46(41-25)19-7-8-37-24(14-19)51-3)45(22)15-23(47)40-21-6-5-18(13-20(21)33)32(34,35)36/h5-8,13-14,16,48H,4,9-12,15H2,1-3H3,(H,40,47). The Balaban J connectivity index is 1.38. The Morgan fingerprint density at radius 3 is 2.47 bits per heavy atom. The number of anilines is 2. The number of ether oxygens (including phenoxy) is 1. The summed E-state index contributed by atoms with van der Waals surface area (Å²) in [7, 11) is 1.44. The number of aryl methyl sites for hydroxylation is 1. The van der Waals surface area contributed by atoms with Gasteiger partial charge < -0.3 is 29.5 Å². The molecule has 0 bridgehead atoms. The van der Waals surface area contributed by atoms with E-state index in [1.165, 1.54) is 33.9 Å². The second-order valence-corrected chi connectivity index (χ2v) is 11.9. The topological polar surface area (TPSA) is 173 Å². The lowest BCUT2D eigenvalue weighted by atomic mass is 10.1. The van der Waals surface area contributed by atoms with Gasteiger partial charge in [-0.25, -0.2) is 15.0 Å². The number of methoxy groups -OCH3 is 1. The lowest BCUT2D eigenvalue weighted by molar-refractivity contribution is -0.137. The number of nitrogens with zero attached hydrogens (tertiary/aromatic N) is 9. The average Bonchev–Trinajstić information content (AvgIpc) is 3.57. The van der Waals surface area contributed by atoms with Crippen LogP contribution in [0.4, 0.5) is 24.5 Å². The maximum atomic E-state index is 14.2. The molecule has 1 aliphatic rings. The van der Waals surface area contributed by atoms with Gasteiger partial charge in [0.25, 0.3) is 5.91 Å². The minimum absolute atomic E-state index is 0.0385. The van der Waals surface area contributed by atoms with Crippen LogP contribution < -0.4 is 20.4 Å². The molecule has 0 radical (unpaired) electrons. The van der Waals surface area contributed by atoms with Gasteiger partial charge in [-0.15, -0.1) is 15.0 Å². The van der Waals surface area contributed by atoms with Crippen molar-refractivity contribution in [2.24, 2.45) is 0 Å². The van der Waals surface area contributed by atoms with E-state index in [0.717, 1.165) is 18.2 Å². The van der Waals surface area contributed by atoms with E-state index < -0.39 is 35.5 Å². The molecule has 6 rings (SSSR count). The van der Waals surface area contributed by atoms with Crippen molar-refractivity contribution in [1.82, 2.24) is 39.4 Å². The fourth-order valence-electron chi connectivity index (χ4n) is 5.76. The summed E-state index contributed by atoms with van der Waals surface area (Å²) in [6, 6.07) is 5.75. The minimum atomic E-state index is -4.62. The van der Waals surface area contributed by atoms with Crippen molar-refractivity contribution in [2.45, 2.75) is 33.0 Å². The molecule has 1 aromatic carbocycles. The fourth-order valence-corrected chi connectivity index (χ4v) is 5.99. The summed E-state index contributed by atoms with van der Waals surface area (Å²) in [5.41, 5.74) is -0.216. The number of pyridine rings is 2. The largest absolute Gasteiger partial charge is 0.504 e. The van der Waals surface area contributed by atoms with Crippen LogP contribution >= 0.6 is 11.6 Å². The summed E-state index contributed by atoms with van der Waals surface area (Å²) >= 11 is 6.11. The van der Waals surface area contributed by atoms with Gasteiger partial charge in [-0.1, -0.05) is 18.5 Å². The van der Waals surface area contributed by atoms with E-state index in [9.17, 15) is 32.7 Å². The number of hydrogen-bond donors (Lipinski definition) is 2. The van der Waals surface area contributed by atoms with Crippen molar-refractivity contribution < 1.29 is 32.6 Å². The van der Waals surface area contributed by atoms with Crippen LogP contribution in [0.5, 0.6) is 11.6 Å². The Kier molecular flexibility index (Phi) is 9.52. The highest BCUT2D eigenvalue weighted by Crippen LogP contribution is 2.34. The number of carbonyl (C=O) groups is 2. The van der Waals surface area contributed by atoms with Crippen molar-refractivity contribution >= 4 is 46.0 Å². The number of benzene rings is 1. The smallest absolute Gasteiger partial charge is 0.416 e. The van der Waals surface area contributed by atoms with Crippen molar-refractivity contribution in [3.05, 3.63) is 80.7 Å². The number of carbonyl (C=O) groups excluding carboxylic acids is 2. The van der Waals surface area contributed by atoms with Crippen molar-refractivity contribution in [3.63, 3.8) is 0 Å². The number of aromatic nitrogens is 7. The Morgan fingerprint density at radius 2 is 1.80 bits per heavy atom. The monoisotopic (exact) mass is 726 g/mol. The van der Waals surface area contributed by atoms with Crippen LogP contribution in [0, 0.1) is 6.92 Å². The number of halogens is 4. The predicted molar refractivity (Wildman–Crippen MR) is 178 cm³/mol. The number of alkyl halides is 3. The van der Waals surface area contributed by atoms with E-state index in [-0.39, 0.29) is 83.2 Å². The normalized spacial score (nSPS) is 13.5. The molecule has 51 heavy (non-hydrogen) atoms. The summed E-state index contributed by atoms with van der Waals surface area (Å²) in [6.45, 7) is 3.73. The molecule has 1 fully saturated rings. The van der Waals surface area contributed by atoms with Gasteiger partial charge in [-0.3, -0.25) is 14.4 Å². The lowest BCUT2D eigenvalue weighted by Gasteiger charge is -2.36. The Labute approximate surface area is 292 Å². The van der Waals surface area contributed by atoms with Gasteiger partial charge in [-0.05, 0) is 37.6 Å². The van der Waals surface area contributed by atoms with Gasteiger partial charge in [0.05, 0.1) is 34.8 Å². The lowest BCUT2D eigenvalue weighted by Crippen LogP contribution is -2.50. The highest BCUT2D eigenvalue weighted by molar-refractivity contribution is 6.33. The molecule has 0 aliphatic carbocycles. The first-order chi connectivity index (χ1) is 24.3. The first-order valence-electron chi connectivity index (χ1n) is 15.5. The van der Waals surface area contributed by atoms with E-state index >= 15 is 0 Å². The van der Waals surface area contributed by atoms with E-state index in [0.29, 0.717) is 11.4 Å². The molecule has 5 aromatic rings. The molecular formula is C32H30ClF3N10O5. The van der Waals surface area contributed by atoms with Gasteiger partial charge in [0, 0.05) is 44.1 Å². The molecule has 0 atom stereocenters. The summed E-state index contributed by atoms with van der Waals surface area (Å²) < 4.78 is 46.4. The molecule has 1 saturated heterocycles. The summed E-state index contributed by atoms with van der Waals surface area (Å²) in [5.74, 6) is -1.18. The van der Waals surface area contributed by atoms with Crippen LogP contribution in [0.15, 0.2) is 47.7 Å². The molecule has 2 N–H and O–H groups in total. The number of rotatable bonds is 8. The van der Waals surface area contributed by atoms with E-state index in [1.807, 2.05) is 0 Å². The van der Waals surface area contributed by atoms with Gasteiger partial charge in [0.2, 0.25) is 17.2 Å². The molecule has 19 heteroatoms. The predicted octanol–water partition coefficient (Wildman–Crippen LogP) is 3.63. The first kappa shape index (κ1) is 35.1. The maximum absolute atomic E-state index is 14.2. The first-order valence-corrected chi connectivity index (χ1v) is 15.9. The summed E-state index contributed by atoms with van der Waals surface area (Å²) in [6.07, 6.45) is -1.69. The molecular weight excluding hydrogens is 697 g/mol. The quantitative estimate of drug-likeness (QED) is 0.239. The van der Waals surface area contributed by atoms with Crippen LogP contribution in [-0.4, -0.2) is 89.6 Å². The molecule has 266 valence electrons. The SMILES string of the molecule is CCc1c(N2CCN(C(=O)c3ncnc(C)c3O)CC2)c(=O)c2nn(-c3ccnc(OC)c3)nc2n1CC(=O)Nc1ccc(C(F)(F)F)cc1Cl. The molecule has 5 heterocycles. The van der Waals surface area contributed by atoms with Crippen LogP contribution in [0.25, 0.3) is 16.9 Å². The molecule has 15 nitrogen and oxygen atoms in total. The van der Waals surface area contributed by atoms with E-state index in [4.69, 9.17) is 16.3 Å². The number of amides is 2. The average molecular weight is 727 g/mol. The number of fused-ring (bicyclic) bond motifs is 1. The van der Waals surface area contributed by atoms with E-state index in [2.05, 4.69) is 30.5 Å². The zero-order valence-corrected chi connectivity index (χ0v) is 28.2. The Bertz CT molecular complexity index is 2220. The van der Waals surface area contributed by atoms with E-state index in [1.54, 1.807) is 30.9 Å². The van der Waals surface area contributed by atoms with Crippen molar-refractivity contribution in [1.29, 1.82) is 0 Å². The second kappa shape index (κ2) is 13.9. The van der Waals surface area contributed by atoms with Crippen LogP contribution in [0.2, 0.25) is 5.02 Å². The molecule has 0 spiro atoms. The summed E-state index contributed by atoms with van der Waals surface area (Å²) in [5, 5.41) is 21.7. The molecule has 0 saturated carbocycles. The highest BCUT2D eigenvalue weighted by Gasteiger charge is 2.32.